The number of halogens is 1. The smallest absolute Gasteiger partial charge is 0.275 e. The van der Waals surface area contributed by atoms with Crippen molar-refractivity contribution in [2.24, 2.45) is 7.05 Å². The van der Waals surface area contributed by atoms with Crippen molar-refractivity contribution in [3.8, 4) is 5.75 Å². The van der Waals surface area contributed by atoms with Crippen LogP contribution >= 0.6 is 15.9 Å². The van der Waals surface area contributed by atoms with E-state index in [9.17, 15) is 4.79 Å². The van der Waals surface area contributed by atoms with Crippen LogP contribution in [0.3, 0.4) is 0 Å². The number of aryl methyl sites for hydroxylation is 1. The van der Waals surface area contributed by atoms with E-state index in [1.165, 1.54) is 0 Å². The number of rotatable bonds is 1. The molecule has 1 aromatic carbocycles. The first-order chi connectivity index (χ1) is 9.66. The monoisotopic (exact) mass is 334 g/mol. The van der Waals surface area contributed by atoms with Crippen LogP contribution in [0.1, 0.15) is 16.9 Å². The van der Waals surface area contributed by atoms with E-state index in [-0.39, 0.29) is 5.91 Å². The molecule has 0 radical (unpaired) electrons. The minimum absolute atomic E-state index is 0.00356. The van der Waals surface area contributed by atoms with Crippen molar-refractivity contribution in [3.05, 3.63) is 46.7 Å². The van der Waals surface area contributed by atoms with Crippen molar-refractivity contribution in [3.63, 3.8) is 0 Å². The number of ether oxygens (including phenoxy) is 1. The number of carbonyl (C=O) groups excluding carboxylic acids is 1. The molecule has 1 aromatic heterocycles. The fourth-order valence-electron chi connectivity index (χ4n) is 2.41. The van der Waals surface area contributed by atoms with Gasteiger partial charge in [-0.05, 0) is 40.5 Å². The lowest BCUT2D eigenvalue weighted by Crippen LogP contribution is -2.32. The first-order valence-electron chi connectivity index (χ1n) is 6.52. The van der Waals surface area contributed by atoms with Crippen molar-refractivity contribution in [1.82, 2.24) is 4.57 Å². The minimum atomic E-state index is -0.00356. The van der Waals surface area contributed by atoms with Gasteiger partial charge in [0.25, 0.3) is 5.91 Å². The number of nitrogens with zero attached hydrogens (tertiary/aromatic N) is 2. The van der Waals surface area contributed by atoms with Gasteiger partial charge >= 0.3 is 0 Å². The summed E-state index contributed by atoms with van der Waals surface area (Å²) in [6.45, 7) is 1.30. The van der Waals surface area contributed by atoms with E-state index in [4.69, 9.17) is 4.74 Å². The van der Waals surface area contributed by atoms with Gasteiger partial charge in [0.1, 0.15) is 11.4 Å². The zero-order valence-electron chi connectivity index (χ0n) is 11.2. The molecule has 1 aliphatic rings. The Labute approximate surface area is 126 Å². The number of para-hydroxylation sites is 2. The van der Waals surface area contributed by atoms with E-state index in [0.717, 1.165) is 22.3 Å². The Morgan fingerprint density at radius 3 is 2.90 bits per heavy atom. The van der Waals surface area contributed by atoms with Crippen molar-refractivity contribution in [1.29, 1.82) is 0 Å². The fourth-order valence-corrected chi connectivity index (χ4v) is 2.94. The van der Waals surface area contributed by atoms with Crippen LogP contribution in [0.15, 0.2) is 41.0 Å². The second-order valence-electron chi connectivity index (χ2n) is 4.78. The molecule has 1 amide bonds. The predicted octanol–water partition coefficient (Wildman–Crippen LogP) is 3.22. The van der Waals surface area contributed by atoms with Crippen LogP contribution in [0.5, 0.6) is 5.75 Å². The Bertz CT molecular complexity index is 651. The molecule has 0 fully saturated rings. The highest BCUT2D eigenvalue weighted by Gasteiger charge is 2.24. The Hall–Kier alpha value is -1.75. The molecule has 0 saturated carbocycles. The molecule has 2 aromatic rings. The zero-order valence-corrected chi connectivity index (χ0v) is 12.8. The molecular weight excluding hydrogens is 320 g/mol. The fraction of sp³-hybridized carbons (Fsp3) is 0.267. The second-order valence-corrected chi connectivity index (χ2v) is 5.70. The van der Waals surface area contributed by atoms with Crippen LogP contribution in [0.2, 0.25) is 0 Å². The van der Waals surface area contributed by atoms with Gasteiger partial charge in [-0.25, -0.2) is 0 Å². The van der Waals surface area contributed by atoms with Gasteiger partial charge in [-0.1, -0.05) is 12.1 Å². The summed E-state index contributed by atoms with van der Waals surface area (Å²) in [6.07, 6.45) is 2.71. The predicted molar refractivity (Wildman–Crippen MR) is 81.3 cm³/mol. The van der Waals surface area contributed by atoms with Gasteiger partial charge in [0.15, 0.2) is 0 Å². The molecule has 1 aliphatic heterocycles. The van der Waals surface area contributed by atoms with Gasteiger partial charge in [0.05, 0.1) is 12.3 Å². The minimum Gasteiger partial charge on any atom is -0.491 e. The number of hydrogen-bond acceptors (Lipinski definition) is 2. The third-order valence-corrected chi connectivity index (χ3v) is 3.81. The molecule has 5 heteroatoms. The highest BCUT2D eigenvalue weighted by atomic mass is 79.9. The van der Waals surface area contributed by atoms with E-state index >= 15 is 0 Å². The molecule has 0 bridgehead atoms. The quantitative estimate of drug-likeness (QED) is 0.802. The highest BCUT2D eigenvalue weighted by Crippen LogP contribution is 2.31. The van der Waals surface area contributed by atoms with Crippen molar-refractivity contribution in [2.75, 3.05) is 18.1 Å². The lowest BCUT2D eigenvalue weighted by molar-refractivity contribution is 0.0979. The summed E-state index contributed by atoms with van der Waals surface area (Å²) in [5, 5.41) is 0. The number of aromatic nitrogens is 1. The summed E-state index contributed by atoms with van der Waals surface area (Å²) < 4.78 is 8.43. The average Bonchev–Trinajstić information content (AvgIpc) is 2.66. The van der Waals surface area contributed by atoms with Gasteiger partial charge in [-0.3, -0.25) is 4.79 Å². The van der Waals surface area contributed by atoms with Gasteiger partial charge in [-0.2, -0.15) is 0 Å². The Morgan fingerprint density at radius 2 is 2.15 bits per heavy atom. The summed E-state index contributed by atoms with van der Waals surface area (Å²) in [7, 11) is 1.87. The van der Waals surface area contributed by atoms with E-state index in [1.807, 2.05) is 48.1 Å². The van der Waals surface area contributed by atoms with Gasteiger partial charge in [-0.15, -0.1) is 0 Å². The van der Waals surface area contributed by atoms with Crippen LogP contribution in [-0.2, 0) is 7.05 Å². The van der Waals surface area contributed by atoms with Gasteiger partial charge < -0.3 is 14.2 Å². The summed E-state index contributed by atoms with van der Waals surface area (Å²) in [5.41, 5.74) is 1.50. The van der Waals surface area contributed by atoms with Crippen LogP contribution < -0.4 is 9.64 Å². The maximum absolute atomic E-state index is 12.8. The average molecular weight is 335 g/mol. The van der Waals surface area contributed by atoms with Gasteiger partial charge in [0, 0.05) is 24.3 Å². The van der Waals surface area contributed by atoms with E-state index in [0.29, 0.717) is 18.8 Å². The number of amides is 1. The third-order valence-electron chi connectivity index (χ3n) is 3.38. The molecule has 3 rings (SSSR count). The molecule has 4 nitrogen and oxygen atoms in total. The van der Waals surface area contributed by atoms with Crippen LogP contribution in [0.4, 0.5) is 5.69 Å². The van der Waals surface area contributed by atoms with Crippen LogP contribution in [0, 0.1) is 0 Å². The first-order valence-corrected chi connectivity index (χ1v) is 7.31. The maximum atomic E-state index is 12.8. The standard InChI is InChI=1S/C15H15BrN2O2/c1-17-10-11(16)9-13(17)15(19)18-7-4-8-20-14-6-3-2-5-12(14)18/h2-3,5-6,9-10H,4,7-8H2,1H3. The molecule has 2 heterocycles. The molecule has 0 atom stereocenters. The van der Waals surface area contributed by atoms with E-state index in [2.05, 4.69) is 15.9 Å². The molecule has 20 heavy (non-hydrogen) atoms. The number of fused-ring (bicyclic) bond motifs is 1. The molecule has 0 N–H and O–H groups in total. The number of hydrogen-bond donors (Lipinski definition) is 0. The Balaban J connectivity index is 2.01. The number of anilines is 1. The lowest BCUT2D eigenvalue weighted by atomic mass is 10.2. The third kappa shape index (κ3) is 2.33. The SMILES string of the molecule is Cn1cc(Br)cc1C(=O)N1CCCOc2ccccc21. The van der Waals surface area contributed by atoms with E-state index in [1.54, 1.807) is 4.90 Å². The molecule has 0 unspecified atom stereocenters. The largest absolute Gasteiger partial charge is 0.491 e. The summed E-state index contributed by atoms with van der Waals surface area (Å²) in [4.78, 5) is 14.6. The summed E-state index contributed by atoms with van der Waals surface area (Å²) >= 11 is 3.41. The summed E-state index contributed by atoms with van der Waals surface area (Å²) in [6, 6.07) is 9.52. The number of carbonyl (C=O) groups is 1. The molecule has 0 aliphatic carbocycles. The molecule has 0 saturated heterocycles. The zero-order chi connectivity index (χ0) is 14.1. The van der Waals surface area contributed by atoms with Gasteiger partial charge in [0.2, 0.25) is 0 Å². The van der Waals surface area contributed by atoms with E-state index < -0.39 is 0 Å². The van der Waals surface area contributed by atoms with Crippen LogP contribution in [-0.4, -0.2) is 23.6 Å². The highest BCUT2D eigenvalue weighted by molar-refractivity contribution is 9.10. The van der Waals surface area contributed by atoms with Crippen molar-refractivity contribution >= 4 is 27.5 Å². The van der Waals surface area contributed by atoms with Crippen molar-refractivity contribution < 1.29 is 9.53 Å². The summed E-state index contributed by atoms with van der Waals surface area (Å²) in [5.74, 6) is 0.766. The molecular formula is C15H15BrN2O2. The second kappa shape index (κ2) is 5.32. The first kappa shape index (κ1) is 13.2. The Kier molecular flexibility index (Phi) is 3.53. The molecule has 0 spiro atoms. The number of benzene rings is 1. The Morgan fingerprint density at radius 1 is 1.35 bits per heavy atom. The normalized spacial score (nSPS) is 14.4. The maximum Gasteiger partial charge on any atom is 0.275 e. The van der Waals surface area contributed by atoms with Crippen molar-refractivity contribution in [2.45, 2.75) is 6.42 Å². The molecule has 104 valence electrons. The lowest BCUT2D eigenvalue weighted by Gasteiger charge is -2.21. The van der Waals surface area contributed by atoms with Crippen LogP contribution in [0.25, 0.3) is 0 Å². The topological polar surface area (TPSA) is 34.5 Å².